The summed E-state index contributed by atoms with van der Waals surface area (Å²) in [6, 6.07) is 0. The smallest absolute Gasteiger partial charge is 0.355 e. The summed E-state index contributed by atoms with van der Waals surface area (Å²) in [5.74, 6) is -0.596. The minimum Gasteiger partial charge on any atom is -0.476 e. The van der Waals surface area contributed by atoms with Gasteiger partial charge in [0.2, 0.25) is 0 Å². The number of aromatic carboxylic acids is 1. The minimum absolute atomic E-state index is 0.159. The first-order valence-corrected chi connectivity index (χ1v) is 5.77. The van der Waals surface area contributed by atoms with Crippen LogP contribution in [0.15, 0.2) is 0 Å². The zero-order chi connectivity index (χ0) is 10.1. The molecular formula is C9H10ClNO2S. The summed E-state index contributed by atoms with van der Waals surface area (Å²) < 4.78 is 0.337. The van der Waals surface area contributed by atoms with E-state index >= 15 is 0 Å². The molecule has 0 bridgehead atoms. The zero-order valence-corrected chi connectivity index (χ0v) is 9.07. The molecule has 1 saturated carbocycles. The van der Waals surface area contributed by atoms with Gasteiger partial charge < -0.3 is 5.11 Å². The van der Waals surface area contributed by atoms with Gasteiger partial charge >= 0.3 is 5.97 Å². The Bertz CT molecular complexity index is 358. The van der Waals surface area contributed by atoms with E-state index in [-0.39, 0.29) is 5.69 Å². The van der Waals surface area contributed by atoms with E-state index in [9.17, 15) is 4.79 Å². The van der Waals surface area contributed by atoms with E-state index in [0.717, 1.165) is 17.7 Å². The van der Waals surface area contributed by atoms with E-state index in [1.165, 1.54) is 24.2 Å². The number of halogens is 1. The number of hydrogen-bond donors (Lipinski definition) is 1. The van der Waals surface area contributed by atoms with Gasteiger partial charge in [-0.2, -0.15) is 0 Å². The molecule has 1 aromatic rings. The van der Waals surface area contributed by atoms with Crippen molar-refractivity contribution in [3.05, 3.63) is 15.0 Å². The Morgan fingerprint density at radius 3 is 2.71 bits per heavy atom. The summed E-state index contributed by atoms with van der Waals surface area (Å²) in [7, 11) is 0. The van der Waals surface area contributed by atoms with Crippen LogP contribution >= 0.6 is 22.9 Å². The second-order valence-electron chi connectivity index (χ2n) is 3.47. The minimum atomic E-state index is -0.963. The second-order valence-corrected chi connectivity index (χ2v) is 5.08. The summed E-state index contributed by atoms with van der Waals surface area (Å²) in [4.78, 5) is 15.6. The van der Waals surface area contributed by atoms with Crippen molar-refractivity contribution in [2.75, 3.05) is 0 Å². The van der Waals surface area contributed by atoms with Gasteiger partial charge in [0.25, 0.3) is 0 Å². The molecule has 0 amide bonds. The molecule has 0 spiro atoms. The summed E-state index contributed by atoms with van der Waals surface area (Å²) >= 11 is 7.05. The highest BCUT2D eigenvalue weighted by atomic mass is 35.5. The van der Waals surface area contributed by atoms with Crippen LogP contribution in [0.3, 0.4) is 0 Å². The lowest BCUT2D eigenvalue weighted by Gasteiger charge is -2.05. The third-order valence-electron chi connectivity index (χ3n) is 2.56. The molecule has 5 heteroatoms. The van der Waals surface area contributed by atoms with Crippen molar-refractivity contribution in [1.29, 1.82) is 0 Å². The molecule has 1 aliphatic carbocycles. The largest absolute Gasteiger partial charge is 0.476 e. The molecule has 0 saturated heterocycles. The van der Waals surface area contributed by atoms with Gasteiger partial charge in [-0.1, -0.05) is 24.4 Å². The highest BCUT2D eigenvalue weighted by molar-refractivity contribution is 7.16. The van der Waals surface area contributed by atoms with Gasteiger partial charge in [-0.15, -0.1) is 11.3 Å². The van der Waals surface area contributed by atoms with E-state index in [1.807, 2.05) is 0 Å². The maximum atomic E-state index is 10.9. The van der Waals surface area contributed by atoms with Gasteiger partial charge in [-0.05, 0) is 18.8 Å². The Kier molecular flexibility index (Phi) is 2.74. The van der Waals surface area contributed by atoms with Gasteiger partial charge in [0, 0.05) is 4.88 Å². The Morgan fingerprint density at radius 1 is 1.50 bits per heavy atom. The lowest BCUT2D eigenvalue weighted by Crippen LogP contribution is -2.03. The molecule has 2 rings (SSSR count). The fourth-order valence-corrected chi connectivity index (χ4v) is 3.21. The number of nitrogens with zero attached hydrogens (tertiary/aromatic N) is 1. The van der Waals surface area contributed by atoms with Crippen molar-refractivity contribution in [3.8, 4) is 0 Å². The van der Waals surface area contributed by atoms with Crippen LogP contribution in [-0.4, -0.2) is 16.1 Å². The second kappa shape index (κ2) is 3.87. The average molecular weight is 232 g/mol. The Labute approximate surface area is 90.7 Å². The van der Waals surface area contributed by atoms with Gasteiger partial charge in [-0.25, -0.2) is 9.78 Å². The Balaban J connectivity index is 2.35. The van der Waals surface area contributed by atoms with Crippen LogP contribution < -0.4 is 0 Å². The first-order valence-electron chi connectivity index (χ1n) is 4.58. The molecule has 3 nitrogen and oxygen atoms in total. The van der Waals surface area contributed by atoms with Gasteiger partial charge in [0.15, 0.2) is 10.2 Å². The number of hydrogen-bond acceptors (Lipinski definition) is 3. The van der Waals surface area contributed by atoms with Crippen LogP contribution in [-0.2, 0) is 0 Å². The molecule has 0 aliphatic heterocycles. The zero-order valence-electron chi connectivity index (χ0n) is 7.49. The van der Waals surface area contributed by atoms with Crippen LogP contribution in [0.25, 0.3) is 0 Å². The molecule has 0 radical (unpaired) electrons. The third kappa shape index (κ3) is 1.77. The number of thiazole rings is 1. The van der Waals surface area contributed by atoms with Crippen molar-refractivity contribution < 1.29 is 9.90 Å². The van der Waals surface area contributed by atoms with Crippen LogP contribution in [0, 0.1) is 0 Å². The molecular weight excluding hydrogens is 222 g/mol. The molecule has 0 atom stereocenters. The van der Waals surface area contributed by atoms with Crippen molar-refractivity contribution in [2.45, 2.75) is 31.6 Å². The predicted octanol–water partition coefficient (Wildman–Crippen LogP) is 3.15. The molecule has 1 heterocycles. The highest BCUT2D eigenvalue weighted by Gasteiger charge is 2.26. The number of rotatable bonds is 2. The van der Waals surface area contributed by atoms with E-state index in [1.54, 1.807) is 0 Å². The molecule has 1 aliphatic rings. The van der Waals surface area contributed by atoms with Gasteiger partial charge in [-0.3, -0.25) is 0 Å². The van der Waals surface area contributed by atoms with Crippen molar-refractivity contribution in [1.82, 2.24) is 4.98 Å². The number of carbonyl (C=O) groups is 1. The fourth-order valence-electron chi connectivity index (χ4n) is 1.92. The highest BCUT2D eigenvalue weighted by Crippen LogP contribution is 2.39. The summed E-state index contributed by atoms with van der Waals surface area (Å²) in [6.07, 6.45) is 4.50. The summed E-state index contributed by atoms with van der Waals surface area (Å²) in [5.41, 5.74) is 0.159. The first kappa shape index (κ1) is 9.93. The number of carboxylic acid groups (broad SMARTS) is 1. The third-order valence-corrected chi connectivity index (χ3v) is 3.88. The van der Waals surface area contributed by atoms with E-state index < -0.39 is 5.97 Å². The Morgan fingerprint density at radius 2 is 2.14 bits per heavy atom. The first-order chi connectivity index (χ1) is 6.68. The standard InChI is InChI=1S/C9H10ClNO2S/c10-9-11-6(8(12)13)7(14-9)5-3-1-2-4-5/h5H,1-4H2,(H,12,13). The van der Waals surface area contributed by atoms with Crippen molar-refractivity contribution in [3.63, 3.8) is 0 Å². The molecule has 0 aromatic carbocycles. The maximum Gasteiger partial charge on any atom is 0.355 e. The van der Waals surface area contributed by atoms with Gasteiger partial charge in [0.05, 0.1) is 0 Å². The van der Waals surface area contributed by atoms with Crippen molar-refractivity contribution >= 4 is 28.9 Å². The summed E-state index contributed by atoms with van der Waals surface area (Å²) in [5, 5.41) is 8.92. The SMILES string of the molecule is O=C(O)c1nc(Cl)sc1C1CCCC1. The monoisotopic (exact) mass is 231 g/mol. The number of carboxylic acids is 1. The maximum absolute atomic E-state index is 10.9. The lowest BCUT2D eigenvalue weighted by atomic mass is 10.1. The van der Waals surface area contributed by atoms with Crippen LogP contribution in [0.5, 0.6) is 0 Å². The van der Waals surface area contributed by atoms with Crippen LogP contribution in [0.4, 0.5) is 0 Å². The lowest BCUT2D eigenvalue weighted by molar-refractivity contribution is 0.0689. The average Bonchev–Trinajstić information content (AvgIpc) is 2.70. The van der Waals surface area contributed by atoms with E-state index in [2.05, 4.69) is 4.98 Å². The van der Waals surface area contributed by atoms with Crippen LogP contribution in [0.1, 0.15) is 47.0 Å². The molecule has 1 fully saturated rings. The molecule has 76 valence electrons. The molecule has 0 unspecified atom stereocenters. The van der Waals surface area contributed by atoms with Crippen molar-refractivity contribution in [2.24, 2.45) is 0 Å². The topological polar surface area (TPSA) is 50.2 Å². The molecule has 14 heavy (non-hydrogen) atoms. The quantitative estimate of drug-likeness (QED) is 0.851. The van der Waals surface area contributed by atoms with Crippen LogP contribution in [0.2, 0.25) is 4.47 Å². The van der Waals surface area contributed by atoms with E-state index in [0.29, 0.717) is 10.4 Å². The molecule has 1 aromatic heterocycles. The summed E-state index contributed by atoms with van der Waals surface area (Å²) in [6.45, 7) is 0. The normalized spacial score (nSPS) is 17.5. The predicted molar refractivity (Wildman–Crippen MR) is 55.3 cm³/mol. The van der Waals surface area contributed by atoms with Gasteiger partial charge in [0.1, 0.15) is 0 Å². The molecule has 1 N–H and O–H groups in total. The Hall–Kier alpha value is -0.610. The van der Waals surface area contributed by atoms with E-state index in [4.69, 9.17) is 16.7 Å². The number of aromatic nitrogens is 1. The fraction of sp³-hybridized carbons (Fsp3) is 0.556.